The van der Waals surface area contributed by atoms with Crippen molar-refractivity contribution in [3.05, 3.63) is 23.8 Å². The number of nitrogens with two attached hydrogens (primary N) is 1. The molecule has 0 aromatic heterocycles. The fraction of sp³-hybridized carbons (Fsp3) is 0.600. The van der Waals surface area contributed by atoms with Crippen molar-refractivity contribution in [2.45, 2.75) is 51.1 Å². The number of ether oxygens (including phenoxy) is 2. The molecule has 7 nitrogen and oxygen atoms in total. The summed E-state index contributed by atoms with van der Waals surface area (Å²) >= 11 is 0. The van der Waals surface area contributed by atoms with Crippen molar-refractivity contribution in [2.75, 3.05) is 27.3 Å². The molecule has 1 saturated heterocycles. The standard InChI is InChI=1S/C20H31N3O4/c1-5-10-20(2,21)19(25)22-15-8-11-23(12-9-15)18(24)14-6-7-16(26-3)17(13-14)27-4/h6-7,13,15H,5,8-12,21H2,1-4H3,(H,22,25). The lowest BCUT2D eigenvalue weighted by Crippen LogP contribution is -2.56. The van der Waals surface area contributed by atoms with Crippen LogP contribution in [0.25, 0.3) is 0 Å². The molecule has 0 spiro atoms. The third-order valence-corrected chi connectivity index (χ3v) is 5.04. The summed E-state index contributed by atoms with van der Waals surface area (Å²) in [5.74, 6) is 0.959. The molecule has 1 atom stereocenters. The van der Waals surface area contributed by atoms with Crippen LogP contribution in [0.5, 0.6) is 11.5 Å². The van der Waals surface area contributed by atoms with Gasteiger partial charge in [0.2, 0.25) is 5.91 Å². The number of carbonyl (C=O) groups excluding carboxylic acids is 2. The predicted octanol–water partition coefficient (Wildman–Crippen LogP) is 1.94. The van der Waals surface area contributed by atoms with E-state index in [0.29, 0.717) is 49.4 Å². The van der Waals surface area contributed by atoms with Crippen LogP contribution in [-0.4, -0.2) is 55.6 Å². The molecule has 3 N–H and O–H groups in total. The Kier molecular flexibility index (Phi) is 7.07. The summed E-state index contributed by atoms with van der Waals surface area (Å²) in [5.41, 5.74) is 5.81. The van der Waals surface area contributed by atoms with E-state index in [-0.39, 0.29) is 17.9 Å². The maximum Gasteiger partial charge on any atom is 0.253 e. The normalized spacial score (nSPS) is 17.1. The minimum Gasteiger partial charge on any atom is -0.493 e. The van der Waals surface area contributed by atoms with E-state index < -0.39 is 5.54 Å². The van der Waals surface area contributed by atoms with Crippen LogP contribution in [0, 0.1) is 0 Å². The van der Waals surface area contributed by atoms with Crippen LogP contribution in [0.2, 0.25) is 0 Å². The molecular weight excluding hydrogens is 346 g/mol. The monoisotopic (exact) mass is 377 g/mol. The Balaban J connectivity index is 1.93. The Morgan fingerprint density at radius 3 is 2.41 bits per heavy atom. The highest BCUT2D eigenvalue weighted by molar-refractivity contribution is 5.95. The van der Waals surface area contributed by atoms with Gasteiger partial charge in [-0.05, 0) is 44.4 Å². The van der Waals surface area contributed by atoms with E-state index in [9.17, 15) is 9.59 Å². The van der Waals surface area contributed by atoms with Gasteiger partial charge >= 0.3 is 0 Å². The highest BCUT2D eigenvalue weighted by Crippen LogP contribution is 2.28. The SMILES string of the molecule is CCCC(C)(N)C(=O)NC1CCN(C(=O)c2ccc(OC)c(OC)c2)CC1. The zero-order valence-corrected chi connectivity index (χ0v) is 16.7. The Morgan fingerprint density at radius 1 is 1.22 bits per heavy atom. The van der Waals surface area contributed by atoms with Crippen molar-refractivity contribution < 1.29 is 19.1 Å². The summed E-state index contributed by atoms with van der Waals surface area (Å²) in [4.78, 5) is 26.9. The summed E-state index contributed by atoms with van der Waals surface area (Å²) in [6.45, 7) is 4.96. The molecule has 2 rings (SSSR count). The molecule has 7 heteroatoms. The Labute approximate surface area is 161 Å². The quantitative estimate of drug-likeness (QED) is 0.757. The van der Waals surface area contributed by atoms with Gasteiger partial charge in [0.25, 0.3) is 5.91 Å². The number of benzene rings is 1. The minimum atomic E-state index is -0.846. The minimum absolute atomic E-state index is 0.0459. The van der Waals surface area contributed by atoms with Crippen LogP contribution in [0.15, 0.2) is 18.2 Å². The Morgan fingerprint density at radius 2 is 1.85 bits per heavy atom. The van der Waals surface area contributed by atoms with Gasteiger partial charge in [0.05, 0.1) is 19.8 Å². The van der Waals surface area contributed by atoms with Gasteiger partial charge in [-0.15, -0.1) is 0 Å². The third-order valence-electron chi connectivity index (χ3n) is 5.04. The molecule has 1 heterocycles. The summed E-state index contributed by atoms with van der Waals surface area (Å²) < 4.78 is 10.5. The Bertz CT molecular complexity index is 667. The predicted molar refractivity (Wildman–Crippen MR) is 104 cm³/mol. The second-order valence-corrected chi connectivity index (χ2v) is 7.28. The second kappa shape index (κ2) is 9.08. The molecule has 1 aliphatic heterocycles. The first-order chi connectivity index (χ1) is 12.8. The molecule has 1 aromatic carbocycles. The number of nitrogens with zero attached hydrogens (tertiary/aromatic N) is 1. The van der Waals surface area contributed by atoms with Gasteiger partial charge in [-0.25, -0.2) is 0 Å². The summed E-state index contributed by atoms with van der Waals surface area (Å²) in [6, 6.07) is 5.21. The number of nitrogens with one attached hydrogen (secondary N) is 1. The molecule has 27 heavy (non-hydrogen) atoms. The van der Waals surface area contributed by atoms with E-state index in [1.54, 1.807) is 44.2 Å². The molecule has 1 unspecified atom stereocenters. The van der Waals surface area contributed by atoms with Gasteiger partial charge < -0.3 is 25.4 Å². The van der Waals surface area contributed by atoms with Crippen LogP contribution in [0.1, 0.15) is 49.9 Å². The number of rotatable bonds is 7. The number of methoxy groups -OCH3 is 2. The summed E-state index contributed by atoms with van der Waals surface area (Å²) in [5, 5.41) is 3.04. The fourth-order valence-electron chi connectivity index (χ4n) is 3.36. The third kappa shape index (κ3) is 5.13. The van der Waals surface area contributed by atoms with Crippen molar-refractivity contribution in [1.29, 1.82) is 0 Å². The van der Waals surface area contributed by atoms with Gasteiger partial charge in [0.15, 0.2) is 11.5 Å². The smallest absolute Gasteiger partial charge is 0.253 e. The number of piperidine rings is 1. The molecule has 1 aliphatic rings. The van der Waals surface area contributed by atoms with E-state index in [4.69, 9.17) is 15.2 Å². The van der Waals surface area contributed by atoms with E-state index >= 15 is 0 Å². The maximum atomic E-state index is 12.8. The molecule has 2 amide bonds. The second-order valence-electron chi connectivity index (χ2n) is 7.28. The van der Waals surface area contributed by atoms with E-state index in [1.807, 2.05) is 6.92 Å². The largest absolute Gasteiger partial charge is 0.493 e. The number of amides is 2. The van der Waals surface area contributed by atoms with Crippen molar-refractivity contribution in [1.82, 2.24) is 10.2 Å². The van der Waals surface area contributed by atoms with Gasteiger partial charge in [0, 0.05) is 24.7 Å². The number of likely N-dealkylation sites (tertiary alicyclic amines) is 1. The van der Waals surface area contributed by atoms with E-state index in [2.05, 4.69) is 5.32 Å². The maximum absolute atomic E-state index is 12.8. The Hall–Kier alpha value is -2.28. The van der Waals surface area contributed by atoms with Crippen LogP contribution < -0.4 is 20.5 Å². The lowest BCUT2D eigenvalue weighted by molar-refractivity contribution is -0.127. The van der Waals surface area contributed by atoms with Gasteiger partial charge in [0.1, 0.15) is 0 Å². The van der Waals surface area contributed by atoms with E-state index in [1.165, 1.54) is 0 Å². The zero-order chi connectivity index (χ0) is 20.0. The number of carbonyl (C=O) groups is 2. The van der Waals surface area contributed by atoms with Crippen molar-refractivity contribution in [3.63, 3.8) is 0 Å². The first-order valence-corrected chi connectivity index (χ1v) is 9.43. The van der Waals surface area contributed by atoms with Crippen molar-refractivity contribution in [3.8, 4) is 11.5 Å². The molecular formula is C20H31N3O4. The molecule has 0 radical (unpaired) electrons. The molecule has 1 fully saturated rings. The first-order valence-electron chi connectivity index (χ1n) is 9.43. The molecule has 150 valence electrons. The van der Waals surface area contributed by atoms with E-state index in [0.717, 1.165) is 6.42 Å². The van der Waals surface area contributed by atoms with Gasteiger partial charge in [-0.1, -0.05) is 13.3 Å². The average molecular weight is 377 g/mol. The molecule has 0 saturated carbocycles. The first kappa shape index (κ1) is 21.0. The van der Waals surface area contributed by atoms with Crippen LogP contribution in [0.3, 0.4) is 0 Å². The van der Waals surface area contributed by atoms with Crippen molar-refractivity contribution in [2.24, 2.45) is 5.73 Å². The van der Waals surface area contributed by atoms with Gasteiger partial charge in [-0.2, -0.15) is 0 Å². The lowest BCUT2D eigenvalue weighted by atomic mass is 9.95. The average Bonchev–Trinajstić information content (AvgIpc) is 2.67. The molecule has 1 aromatic rings. The van der Waals surface area contributed by atoms with Crippen molar-refractivity contribution >= 4 is 11.8 Å². The van der Waals surface area contributed by atoms with Crippen LogP contribution >= 0.6 is 0 Å². The highest BCUT2D eigenvalue weighted by Gasteiger charge is 2.31. The zero-order valence-electron chi connectivity index (χ0n) is 16.7. The van der Waals surface area contributed by atoms with Gasteiger partial charge in [-0.3, -0.25) is 9.59 Å². The summed E-state index contributed by atoms with van der Waals surface area (Å²) in [6.07, 6.45) is 2.94. The number of hydrogen-bond acceptors (Lipinski definition) is 5. The summed E-state index contributed by atoms with van der Waals surface area (Å²) in [7, 11) is 3.11. The molecule has 0 aliphatic carbocycles. The fourth-order valence-corrected chi connectivity index (χ4v) is 3.36. The van der Waals surface area contributed by atoms with Crippen LogP contribution in [-0.2, 0) is 4.79 Å². The topological polar surface area (TPSA) is 93.9 Å². The highest BCUT2D eigenvalue weighted by atomic mass is 16.5. The number of hydrogen-bond donors (Lipinski definition) is 2. The van der Waals surface area contributed by atoms with Crippen LogP contribution in [0.4, 0.5) is 0 Å². The lowest BCUT2D eigenvalue weighted by Gasteiger charge is -2.34. The molecule has 0 bridgehead atoms.